The van der Waals surface area contributed by atoms with Crippen molar-refractivity contribution in [1.82, 2.24) is 4.57 Å². The normalized spacial score (nSPS) is 12.8. The molecule has 0 atom stereocenters. The lowest BCUT2D eigenvalue weighted by Crippen LogP contribution is -2.15. The Labute approximate surface area is 384 Å². The van der Waals surface area contributed by atoms with Gasteiger partial charge in [-0.3, -0.25) is 0 Å². The van der Waals surface area contributed by atoms with Gasteiger partial charge in [-0.25, -0.2) is 0 Å². The van der Waals surface area contributed by atoms with Gasteiger partial charge in [-0.15, -0.1) is 0 Å². The van der Waals surface area contributed by atoms with Crippen molar-refractivity contribution < 1.29 is 4.42 Å². The van der Waals surface area contributed by atoms with Crippen LogP contribution in [0.3, 0.4) is 0 Å². The number of para-hydroxylation sites is 5. The van der Waals surface area contributed by atoms with E-state index in [1.165, 1.54) is 72.0 Å². The van der Waals surface area contributed by atoms with E-state index in [-0.39, 0.29) is 5.41 Å². The van der Waals surface area contributed by atoms with Crippen LogP contribution in [0.1, 0.15) is 25.0 Å². The van der Waals surface area contributed by atoms with Crippen LogP contribution in [0.2, 0.25) is 0 Å². The highest BCUT2D eigenvalue weighted by molar-refractivity contribution is 6.16. The molecule has 0 saturated heterocycles. The van der Waals surface area contributed by atoms with Gasteiger partial charge in [-0.2, -0.15) is 0 Å². The molecule has 2 aromatic heterocycles. The van der Waals surface area contributed by atoms with Crippen molar-refractivity contribution in [3.8, 4) is 50.2 Å². The Morgan fingerprint density at radius 3 is 1.85 bits per heavy atom. The van der Waals surface area contributed by atoms with Crippen molar-refractivity contribution >= 4 is 60.8 Å². The van der Waals surface area contributed by atoms with Gasteiger partial charge in [0.15, 0.2) is 0 Å². The number of benzene rings is 10. The van der Waals surface area contributed by atoms with Gasteiger partial charge in [0.05, 0.1) is 16.7 Å². The zero-order chi connectivity index (χ0) is 43.9. The Kier molecular flexibility index (Phi) is 8.56. The van der Waals surface area contributed by atoms with E-state index in [1.807, 2.05) is 12.1 Å². The molecule has 0 radical (unpaired) electrons. The van der Waals surface area contributed by atoms with Crippen LogP contribution in [-0.4, -0.2) is 4.57 Å². The summed E-state index contributed by atoms with van der Waals surface area (Å²) in [5.41, 5.74) is 21.0. The molecule has 0 aliphatic heterocycles. The third-order valence-corrected chi connectivity index (χ3v) is 14.0. The summed E-state index contributed by atoms with van der Waals surface area (Å²) in [4.78, 5) is 2.39. The molecule has 312 valence electrons. The second-order valence-electron chi connectivity index (χ2n) is 18.1. The highest BCUT2D eigenvalue weighted by atomic mass is 16.3. The van der Waals surface area contributed by atoms with Crippen LogP contribution in [0.25, 0.3) is 93.9 Å². The number of rotatable bonds is 7. The number of hydrogen-bond donors (Lipinski definition) is 0. The number of hydrogen-bond acceptors (Lipinski definition) is 2. The highest BCUT2D eigenvalue weighted by Gasteiger charge is 2.36. The maximum absolute atomic E-state index is 6.14. The second kappa shape index (κ2) is 14.8. The van der Waals surface area contributed by atoms with E-state index < -0.39 is 0 Å². The van der Waals surface area contributed by atoms with Crippen molar-refractivity contribution in [2.75, 3.05) is 4.90 Å². The Morgan fingerprint density at radius 2 is 1.00 bits per heavy atom. The summed E-state index contributed by atoms with van der Waals surface area (Å²) in [6.45, 7) is 4.76. The van der Waals surface area contributed by atoms with Gasteiger partial charge in [0.2, 0.25) is 0 Å². The SMILES string of the molecule is CC1(C)c2ccc(-c3ccccc3N(c3ccccc3)c3ccc(-c4ccc5oc6ccccc6c5c4)cc3)cc2-c2ccc(-c3cccc4c3c3ccccc3n4-c3ccccc3)cc21. The third-order valence-electron chi connectivity index (χ3n) is 14.0. The van der Waals surface area contributed by atoms with Crippen LogP contribution in [0.15, 0.2) is 235 Å². The second-order valence-corrected chi connectivity index (χ2v) is 18.1. The van der Waals surface area contributed by atoms with Crippen molar-refractivity contribution in [2.45, 2.75) is 19.3 Å². The quantitative estimate of drug-likeness (QED) is 0.159. The molecule has 1 aliphatic carbocycles. The third kappa shape index (κ3) is 5.90. The van der Waals surface area contributed by atoms with Gasteiger partial charge in [0.1, 0.15) is 11.2 Å². The molecule has 3 heteroatoms. The van der Waals surface area contributed by atoms with Crippen molar-refractivity contribution in [3.05, 3.63) is 242 Å². The van der Waals surface area contributed by atoms with Crippen LogP contribution >= 0.6 is 0 Å². The number of furan rings is 1. The Balaban J connectivity index is 0.894. The molecular formula is C63H44N2O. The minimum absolute atomic E-state index is 0.183. The van der Waals surface area contributed by atoms with Gasteiger partial charge in [0.25, 0.3) is 0 Å². The summed E-state index contributed by atoms with van der Waals surface area (Å²) in [5, 5.41) is 4.82. The molecule has 3 nitrogen and oxygen atoms in total. The molecule has 0 N–H and O–H groups in total. The zero-order valence-electron chi connectivity index (χ0n) is 36.7. The highest BCUT2D eigenvalue weighted by Crippen LogP contribution is 2.52. The number of anilines is 3. The topological polar surface area (TPSA) is 21.3 Å². The predicted octanol–water partition coefficient (Wildman–Crippen LogP) is 17.5. The first-order chi connectivity index (χ1) is 32.5. The van der Waals surface area contributed by atoms with Crippen molar-refractivity contribution in [1.29, 1.82) is 0 Å². The Hall–Kier alpha value is -8.40. The molecule has 0 spiro atoms. The van der Waals surface area contributed by atoms with Crippen LogP contribution in [0.4, 0.5) is 17.1 Å². The summed E-state index contributed by atoms with van der Waals surface area (Å²) in [6, 6.07) is 83.9. The minimum atomic E-state index is -0.183. The molecular weight excluding hydrogens is 801 g/mol. The van der Waals surface area contributed by atoms with Gasteiger partial charge >= 0.3 is 0 Å². The summed E-state index contributed by atoms with van der Waals surface area (Å²) < 4.78 is 8.54. The first kappa shape index (κ1) is 38.1. The van der Waals surface area contributed by atoms with Crippen LogP contribution in [0.5, 0.6) is 0 Å². The fraction of sp³-hybridized carbons (Fsp3) is 0.0476. The van der Waals surface area contributed by atoms with Crippen LogP contribution in [0, 0.1) is 0 Å². The standard InChI is InChI=1S/C63H44N2O/c1-63(2)55-36-31-43(39-53(55)50-35-30-44(40-56(50)63)49-23-15-26-59-62(49)52-22-10-13-25-58(52)65(59)46-18-7-4-8-19-46)48-20-9-12-24-57(48)64(45-16-5-3-6-17-45)47-33-28-41(29-34-47)42-32-37-61-54(38-42)51-21-11-14-27-60(51)66-61/h3-40H,1-2H3. The minimum Gasteiger partial charge on any atom is -0.456 e. The summed E-state index contributed by atoms with van der Waals surface area (Å²) in [7, 11) is 0. The summed E-state index contributed by atoms with van der Waals surface area (Å²) in [6.07, 6.45) is 0. The van der Waals surface area contributed by atoms with Gasteiger partial charge in [-0.1, -0.05) is 159 Å². The Morgan fingerprint density at radius 1 is 0.379 bits per heavy atom. The van der Waals surface area contributed by atoms with Crippen LogP contribution < -0.4 is 4.90 Å². The smallest absolute Gasteiger partial charge is 0.135 e. The molecule has 0 unspecified atom stereocenters. The molecule has 0 fully saturated rings. The van der Waals surface area contributed by atoms with E-state index in [9.17, 15) is 0 Å². The molecule has 1 aliphatic rings. The summed E-state index contributed by atoms with van der Waals surface area (Å²) in [5.74, 6) is 0. The molecule has 10 aromatic carbocycles. The van der Waals surface area contributed by atoms with Gasteiger partial charge < -0.3 is 13.9 Å². The summed E-state index contributed by atoms with van der Waals surface area (Å²) >= 11 is 0. The lowest BCUT2D eigenvalue weighted by atomic mass is 9.81. The van der Waals surface area contributed by atoms with Crippen molar-refractivity contribution in [3.63, 3.8) is 0 Å². The number of nitrogens with zero attached hydrogens (tertiary/aromatic N) is 2. The van der Waals surface area contributed by atoms with E-state index in [4.69, 9.17) is 4.42 Å². The predicted molar refractivity (Wildman–Crippen MR) is 277 cm³/mol. The number of fused-ring (bicyclic) bond motifs is 9. The molecule has 12 aromatic rings. The van der Waals surface area contributed by atoms with E-state index in [2.05, 4.69) is 242 Å². The molecule has 0 bridgehead atoms. The Bertz CT molecular complexity index is 3840. The first-order valence-corrected chi connectivity index (χ1v) is 22.8. The lowest BCUT2D eigenvalue weighted by molar-refractivity contribution is 0.660. The molecule has 13 rings (SSSR count). The lowest BCUT2D eigenvalue weighted by Gasteiger charge is -2.28. The van der Waals surface area contributed by atoms with Gasteiger partial charge in [-0.05, 0) is 135 Å². The largest absolute Gasteiger partial charge is 0.456 e. The average Bonchev–Trinajstić information content (AvgIpc) is 3.99. The molecule has 2 heterocycles. The first-order valence-electron chi connectivity index (χ1n) is 22.8. The van der Waals surface area contributed by atoms with Crippen LogP contribution in [-0.2, 0) is 5.41 Å². The average molecular weight is 845 g/mol. The van der Waals surface area contributed by atoms with Crippen molar-refractivity contribution in [2.24, 2.45) is 0 Å². The van der Waals surface area contributed by atoms with Gasteiger partial charge in [0, 0.05) is 49.6 Å². The van der Waals surface area contributed by atoms with E-state index in [0.717, 1.165) is 50.1 Å². The molecule has 0 amide bonds. The zero-order valence-corrected chi connectivity index (χ0v) is 36.7. The van der Waals surface area contributed by atoms with E-state index in [1.54, 1.807) is 0 Å². The fourth-order valence-electron chi connectivity index (χ4n) is 10.8. The van der Waals surface area contributed by atoms with E-state index in [0.29, 0.717) is 0 Å². The molecule has 0 saturated carbocycles. The monoisotopic (exact) mass is 844 g/mol. The number of aromatic nitrogens is 1. The maximum atomic E-state index is 6.14. The maximum Gasteiger partial charge on any atom is 0.135 e. The van der Waals surface area contributed by atoms with E-state index >= 15 is 0 Å². The fourth-order valence-corrected chi connectivity index (χ4v) is 10.8. The molecule has 66 heavy (non-hydrogen) atoms.